The summed E-state index contributed by atoms with van der Waals surface area (Å²) < 4.78 is 13.2. The molecule has 19 heavy (non-hydrogen) atoms. The molecule has 1 aromatic carbocycles. The first-order valence-electron chi connectivity index (χ1n) is 6.74. The molecule has 0 atom stereocenters. The van der Waals surface area contributed by atoms with Crippen LogP contribution in [0.4, 0.5) is 14.9 Å². The maximum atomic E-state index is 13.2. The van der Waals surface area contributed by atoms with E-state index in [4.69, 9.17) is 0 Å². The van der Waals surface area contributed by atoms with E-state index in [-0.39, 0.29) is 11.8 Å². The van der Waals surface area contributed by atoms with Gasteiger partial charge >= 0.3 is 6.03 Å². The zero-order chi connectivity index (χ0) is 13.7. The van der Waals surface area contributed by atoms with Crippen LogP contribution in [0.25, 0.3) is 0 Å². The van der Waals surface area contributed by atoms with Gasteiger partial charge in [0.2, 0.25) is 0 Å². The van der Waals surface area contributed by atoms with E-state index in [1.54, 1.807) is 6.07 Å². The minimum atomic E-state index is -0.222. The first-order valence-corrected chi connectivity index (χ1v) is 6.74. The van der Waals surface area contributed by atoms with E-state index < -0.39 is 0 Å². The molecule has 1 N–H and O–H groups in total. The first-order chi connectivity index (χ1) is 9.20. The summed E-state index contributed by atoms with van der Waals surface area (Å²) in [7, 11) is 0. The fourth-order valence-corrected chi connectivity index (χ4v) is 2.18. The van der Waals surface area contributed by atoms with Crippen molar-refractivity contribution in [1.29, 1.82) is 0 Å². The summed E-state index contributed by atoms with van der Waals surface area (Å²) in [5.41, 5.74) is 0.883. The van der Waals surface area contributed by atoms with Gasteiger partial charge in [-0.15, -0.1) is 0 Å². The molecule has 2 rings (SSSR count). The largest absolute Gasteiger partial charge is 0.368 e. The van der Waals surface area contributed by atoms with Crippen LogP contribution in [0, 0.1) is 5.82 Å². The lowest BCUT2D eigenvalue weighted by molar-refractivity contribution is 0.194. The summed E-state index contributed by atoms with van der Waals surface area (Å²) in [4.78, 5) is 15.7. The number of urea groups is 1. The summed E-state index contributed by atoms with van der Waals surface area (Å²) in [6, 6.07) is 6.59. The highest BCUT2D eigenvalue weighted by molar-refractivity contribution is 5.74. The van der Waals surface area contributed by atoms with Gasteiger partial charge in [0.15, 0.2) is 0 Å². The second-order valence-electron chi connectivity index (χ2n) is 4.69. The predicted molar refractivity (Wildman–Crippen MR) is 73.9 cm³/mol. The van der Waals surface area contributed by atoms with Gasteiger partial charge in [-0.05, 0) is 24.6 Å². The summed E-state index contributed by atoms with van der Waals surface area (Å²) in [5.74, 6) is -0.222. The van der Waals surface area contributed by atoms with Crippen LogP contribution < -0.4 is 10.2 Å². The van der Waals surface area contributed by atoms with E-state index in [1.165, 1.54) is 12.1 Å². The van der Waals surface area contributed by atoms with Crippen molar-refractivity contribution in [3.63, 3.8) is 0 Å². The number of amides is 2. The van der Waals surface area contributed by atoms with Gasteiger partial charge < -0.3 is 15.1 Å². The van der Waals surface area contributed by atoms with Crippen LogP contribution in [0.2, 0.25) is 0 Å². The number of nitrogens with zero attached hydrogens (tertiary/aromatic N) is 2. The summed E-state index contributed by atoms with van der Waals surface area (Å²) in [6.45, 7) is 5.56. The van der Waals surface area contributed by atoms with Gasteiger partial charge in [-0.3, -0.25) is 0 Å². The Labute approximate surface area is 113 Å². The lowest BCUT2D eigenvalue weighted by Crippen LogP contribution is -2.52. The topological polar surface area (TPSA) is 35.6 Å². The number of carbonyl (C=O) groups excluding carboxylic acids is 1. The molecule has 0 saturated carbocycles. The monoisotopic (exact) mass is 265 g/mol. The Morgan fingerprint density at radius 1 is 1.32 bits per heavy atom. The van der Waals surface area contributed by atoms with Gasteiger partial charge in [-0.1, -0.05) is 13.0 Å². The number of anilines is 1. The summed E-state index contributed by atoms with van der Waals surface area (Å²) in [6.07, 6.45) is 0.939. The molecule has 1 aliphatic heterocycles. The highest BCUT2D eigenvalue weighted by Gasteiger charge is 2.20. The van der Waals surface area contributed by atoms with Crippen molar-refractivity contribution in [1.82, 2.24) is 10.2 Å². The molecule has 1 fully saturated rings. The molecule has 0 aromatic heterocycles. The maximum Gasteiger partial charge on any atom is 0.317 e. The van der Waals surface area contributed by atoms with E-state index in [2.05, 4.69) is 10.2 Å². The van der Waals surface area contributed by atoms with Crippen molar-refractivity contribution < 1.29 is 9.18 Å². The van der Waals surface area contributed by atoms with Crippen molar-refractivity contribution in [3.8, 4) is 0 Å². The van der Waals surface area contributed by atoms with Crippen molar-refractivity contribution >= 4 is 11.7 Å². The number of nitrogens with one attached hydrogen (secondary N) is 1. The molecule has 0 radical (unpaired) electrons. The van der Waals surface area contributed by atoms with E-state index in [0.29, 0.717) is 19.6 Å². The number of benzene rings is 1. The highest BCUT2D eigenvalue weighted by atomic mass is 19.1. The Morgan fingerprint density at radius 2 is 2.05 bits per heavy atom. The van der Waals surface area contributed by atoms with Crippen LogP contribution in [-0.4, -0.2) is 43.7 Å². The van der Waals surface area contributed by atoms with Crippen molar-refractivity contribution in [3.05, 3.63) is 30.1 Å². The van der Waals surface area contributed by atoms with Crippen molar-refractivity contribution in [2.24, 2.45) is 0 Å². The standard InChI is InChI=1S/C14H20FN3O/c1-2-6-16-14(19)18-9-7-17(8-10-18)13-5-3-4-12(15)11-13/h3-5,11H,2,6-10H2,1H3,(H,16,19). The molecular weight excluding hydrogens is 245 g/mol. The third kappa shape index (κ3) is 3.59. The Bertz CT molecular complexity index is 430. The van der Waals surface area contributed by atoms with Gasteiger partial charge in [0.05, 0.1) is 0 Å². The fourth-order valence-electron chi connectivity index (χ4n) is 2.18. The molecule has 104 valence electrons. The van der Waals surface area contributed by atoms with Crippen LogP contribution in [0.5, 0.6) is 0 Å². The van der Waals surface area contributed by atoms with Crippen molar-refractivity contribution in [2.75, 3.05) is 37.6 Å². The van der Waals surface area contributed by atoms with E-state index in [1.807, 2.05) is 17.9 Å². The average molecular weight is 265 g/mol. The molecule has 0 spiro atoms. The fraction of sp³-hybridized carbons (Fsp3) is 0.500. The van der Waals surface area contributed by atoms with Gasteiger partial charge in [-0.25, -0.2) is 9.18 Å². The summed E-state index contributed by atoms with van der Waals surface area (Å²) >= 11 is 0. The van der Waals surface area contributed by atoms with Crippen LogP contribution in [-0.2, 0) is 0 Å². The lowest BCUT2D eigenvalue weighted by atomic mass is 10.2. The molecule has 4 nitrogen and oxygen atoms in total. The minimum Gasteiger partial charge on any atom is -0.368 e. The first kappa shape index (κ1) is 13.6. The smallest absolute Gasteiger partial charge is 0.317 e. The third-order valence-corrected chi connectivity index (χ3v) is 3.27. The van der Waals surface area contributed by atoms with Gasteiger partial charge in [0, 0.05) is 38.4 Å². The molecule has 0 aliphatic carbocycles. The van der Waals surface area contributed by atoms with Gasteiger partial charge in [-0.2, -0.15) is 0 Å². The number of piperazine rings is 1. The average Bonchev–Trinajstić information content (AvgIpc) is 2.45. The Kier molecular flexibility index (Phi) is 4.60. The van der Waals surface area contributed by atoms with E-state index >= 15 is 0 Å². The number of hydrogen-bond acceptors (Lipinski definition) is 2. The Balaban J connectivity index is 1.87. The second-order valence-corrected chi connectivity index (χ2v) is 4.69. The van der Waals surface area contributed by atoms with Crippen LogP contribution in [0.1, 0.15) is 13.3 Å². The Hall–Kier alpha value is -1.78. The zero-order valence-electron chi connectivity index (χ0n) is 11.2. The summed E-state index contributed by atoms with van der Waals surface area (Å²) in [5, 5.41) is 2.87. The van der Waals surface area contributed by atoms with E-state index in [9.17, 15) is 9.18 Å². The molecular formula is C14H20FN3O. The van der Waals surface area contributed by atoms with Crippen molar-refractivity contribution in [2.45, 2.75) is 13.3 Å². The molecule has 1 aromatic rings. The highest BCUT2D eigenvalue weighted by Crippen LogP contribution is 2.17. The van der Waals surface area contributed by atoms with Crippen LogP contribution >= 0.6 is 0 Å². The molecule has 0 bridgehead atoms. The molecule has 1 aliphatic rings. The molecule has 1 heterocycles. The lowest BCUT2D eigenvalue weighted by Gasteiger charge is -2.36. The molecule has 5 heteroatoms. The normalized spacial score (nSPS) is 15.5. The zero-order valence-corrected chi connectivity index (χ0v) is 11.2. The second kappa shape index (κ2) is 6.41. The quantitative estimate of drug-likeness (QED) is 0.908. The molecule has 2 amide bonds. The van der Waals surface area contributed by atoms with Crippen LogP contribution in [0.3, 0.4) is 0 Å². The number of halogens is 1. The third-order valence-electron chi connectivity index (χ3n) is 3.27. The number of rotatable bonds is 3. The van der Waals surface area contributed by atoms with Gasteiger partial charge in [0.25, 0.3) is 0 Å². The molecule has 0 unspecified atom stereocenters. The Morgan fingerprint density at radius 3 is 2.68 bits per heavy atom. The van der Waals surface area contributed by atoms with Gasteiger partial charge in [0.1, 0.15) is 5.82 Å². The minimum absolute atomic E-state index is 0.000687. The number of hydrogen-bond donors (Lipinski definition) is 1. The maximum absolute atomic E-state index is 13.2. The predicted octanol–water partition coefficient (Wildman–Crippen LogP) is 2.07. The number of carbonyl (C=O) groups is 1. The van der Waals surface area contributed by atoms with E-state index in [0.717, 1.165) is 25.2 Å². The van der Waals surface area contributed by atoms with Crippen LogP contribution in [0.15, 0.2) is 24.3 Å². The molecule has 1 saturated heterocycles. The SMILES string of the molecule is CCCNC(=O)N1CCN(c2cccc(F)c2)CC1.